The maximum absolute atomic E-state index is 10.6. The summed E-state index contributed by atoms with van der Waals surface area (Å²) < 4.78 is 5.12. The molecule has 1 atom stereocenters. The summed E-state index contributed by atoms with van der Waals surface area (Å²) in [5.41, 5.74) is 0. The second-order valence-electron chi connectivity index (χ2n) is 3.40. The van der Waals surface area contributed by atoms with Gasteiger partial charge < -0.3 is 9.52 Å². The van der Waals surface area contributed by atoms with Gasteiger partial charge in [0, 0.05) is 0 Å². The Hall–Kier alpha value is -2.31. The van der Waals surface area contributed by atoms with Crippen LogP contribution in [0.4, 0.5) is 0 Å². The van der Waals surface area contributed by atoms with Crippen LogP contribution in [0.2, 0.25) is 0 Å². The third-order valence-corrected chi connectivity index (χ3v) is 2.34. The zero-order valence-corrected chi connectivity index (χ0v) is 9.25. The minimum Gasteiger partial charge on any atom is -0.475 e. The molecule has 0 aromatic carbocycles. The Labute approximate surface area is 98.3 Å². The van der Waals surface area contributed by atoms with Crippen molar-refractivity contribution in [2.45, 2.75) is 13.0 Å². The number of aromatic carboxylic acids is 1. The second-order valence-corrected chi connectivity index (χ2v) is 3.40. The Bertz CT molecular complexity index is 465. The van der Waals surface area contributed by atoms with E-state index in [1.54, 1.807) is 11.8 Å². The van der Waals surface area contributed by atoms with Crippen molar-refractivity contribution < 1.29 is 14.3 Å². The standard InChI is InChI=1S/C11H11N3O3/c1-8(14(6-4-12)7-5-13)9-2-3-10(17-9)11(15)16/h2-3,8H,6-7H2,1H3,(H,15,16). The van der Waals surface area contributed by atoms with Crippen molar-refractivity contribution in [1.29, 1.82) is 10.5 Å². The lowest BCUT2D eigenvalue weighted by atomic mass is 10.2. The molecule has 6 heteroatoms. The molecule has 1 rings (SSSR count). The van der Waals surface area contributed by atoms with Crippen LogP contribution in [0.5, 0.6) is 0 Å². The predicted molar refractivity (Wildman–Crippen MR) is 56.9 cm³/mol. The van der Waals surface area contributed by atoms with E-state index in [1.807, 2.05) is 12.1 Å². The highest BCUT2D eigenvalue weighted by Crippen LogP contribution is 2.21. The van der Waals surface area contributed by atoms with Crippen LogP contribution in [0.1, 0.15) is 29.3 Å². The lowest BCUT2D eigenvalue weighted by Gasteiger charge is -2.21. The van der Waals surface area contributed by atoms with Gasteiger partial charge in [0.05, 0.1) is 31.3 Å². The van der Waals surface area contributed by atoms with Crippen LogP contribution in [-0.2, 0) is 0 Å². The molecule has 1 aromatic heterocycles. The fourth-order valence-electron chi connectivity index (χ4n) is 1.38. The van der Waals surface area contributed by atoms with Crippen LogP contribution in [0.25, 0.3) is 0 Å². The molecule has 17 heavy (non-hydrogen) atoms. The van der Waals surface area contributed by atoms with Crippen molar-refractivity contribution >= 4 is 5.97 Å². The molecule has 1 N–H and O–H groups in total. The van der Waals surface area contributed by atoms with Gasteiger partial charge in [0.1, 0.15) is 5.76 Å². The van der Waals surface area contributed by atoms with E-state index >= 15 is 0 Å². The van der Waals surface area contributed by atoms with E-state index in [4.69, 9.17) is 20.0 Å². The van der Waals surface area contributed by atoms with Gasteiger partial charge in [0.25, 0.3) is 0 Å². The third-order valence-electron chi connectivity index (χ3n) is 2.34. The maximum Gasteiger partial charge on any atom is 0.371 e. The Balaban J connectivity index is 2.86. The average molecular weight is 233 g/mol. The van der Waals surface area contributed by atoms with Crippen molar-refractivity contribution in [3.63, 3.8) is 0 Å². The minimum absolute atomic E-state index is 0.0812. The summed E-state index contributed by atoms with van der Waals surface area (Å²) in [6.45, 7) is 1.91. The van der Waals surface area contributed by atoms with Crippen molar-refractivity contribution in [1.82, 2.24) is 4.90 Å². The fourth-order valence-corrected chi connectivity index (χ4v) is 1.38. The molecule has 1 heterocycles. The Kier molecular flexibility index (Phi) is 4.27. The zero-order chi connectivity index (χ0) is 12.8. The number of carboxylic acids is 1. The van der Waals surface area contributed by atoms with Crippen LogP contribution in [0.15, 0.2) is 16.5 Å². The molecule has 0 amide bonds. The molecule has 1 aromatic rings. The zero-order valence-electron chi connectivity index (χ0n) is 9.25. The number of carboxylic acid groups (broad SMARTS) is 1. The first-order valence-electron chi connectivity index (χ1n) is 4.91. The Morgan fingerprint density at radius 3 is 2.47 bits per heavy atom. The van der Waals surface area contributed by atoms with Crippen molar-refractivity contribution in [2.24, 2.45) is 0 Å². The first-order chi connectivity index (χ1) is 8.10. The summed E-state index contributed by atoms with van der Waals surface area (Å²) in [5, 5.41) is 26.0. The lowest BCUT2D eigenvalue weighted by Crippen LogP contribution is -2.27. The molecule has 0 fully saturated rings. The van der Waals surface area contributed by atoms with Gasteiger partial charge in [0.2, 0.25) is 5.76 Å². The van der Waals surface area contributed by atoms with Gasteiger partial charge >= 0.3 is 5.97 Å². The van der Waals surface area contributed by atoms with Crippen LogP contribution in [0, 0.1) is 22.7 Å². The molecule has 88 valence electrons. The lowest BCUT2D eigenvalue weighted by molar-refractivity contribution is 0.0657. The summed E-state index contributed by atoms with van der Waals surface area (Å²) in [7, 11) is 0. The molecule has 0 aliphatic carbocycles. The number of hydrogen-bond donors (Lipinski definition) is 1. The van der Waals surface area contributed by atoms with E-state index in [1.165, 1.54) is 12.1 Å². The SMILES string of the molecule is CC(c1ccc(C(=O)O)o1)N(CC#N)CC#N. The number of rotatable bonds is 5. The molecule has 0 aliphatic rings. The van der Waals surface area contributed by atoms with Gasteiger partial charge in [-0.2, -0.15) is 10.5 Å². The third kappa shape index (κ3) is 3.07. The van der Waals surface area contributed by atoms with Gasteiger partial charge in [-0.3, -0.25) is 4.90 Å². The maximum atomic E-state index is 10.6. The van der Waals surface area contributed by atoms with Crippen molar-refractivity contribution in [3.05, 3.63) is 23.7 Å². The highest BCUT2D eigenvalue weighted by molar-refractivity contribution is 5.84. The molecular weight excluding hydrogens is 222 g/mol. The van der Waals surface area contributed by atoms with Crippen molar-refractivity contribution in [3.8, 4) is 12.1 Å². The molecule has 6 nitrogen and oxygen atoms in total. The quantitative estimate of drug-likeness (QED) is 0.771. The summed E-state index contributed by atoms with van der Waals surface area (Å²) in [4.78, 5) is 12.2. The van der Waals surface area contributed by atoms with Gasteiger partial charge in [-0.1, -0.05) is 0 Å². The average Bonchev–Trinajstić information content (AvgIpc) is 2.77. The molecule has 0 radical (unpaired) electrons. The van der Waals surface area contributed by atoms with Crippen LogP contribution < -0.4 is 0 Å². The first-order valence-corrected chi connectivity index (χ1v) is 4.91. The number of nitriles is 2. The highest BCUT2D eigenvalue weighted by Gasteiger charge is 2.20. The fraction of sp³-hybridized carbons (Fsp3) is 0.364. The van der Waals surface area contributed by atoms with Crippen LogP contribution in [0.3, 0.4) is 0 Å². The van der Waals surface area contributed by atoms with E-state index in [-0.39, 0.29) is 24.9 Å². The summed E-state index contributed by atoms with van der Waals surface area (Å²) in [6, 6.07) is 6.47. The molecule has 0 bridgehead atoms. The normalized spacial score (nSPS) is 11.8. The molecule has 0 spiro atoms. The monoisotopic (exact) mass is 233 g/mol. The van der Waals surface area contributed by atoms with E-state index in [9.17, 15) is 4.79 Å². The molecule has 1 unspecified atom stereocenters. The number of carbonyl (C=O) groups is 1. The summed E-state index contributed by atoms with van der Waals surface area (Å²) in [6.07, 6.45) is 0. The first kappa shape index (κ1) is 12.8. The van der Waals surface area contributed by atoms with Crippen LogP contribution in [-0.4, -0.2) is 29.1 Å². The number of furan rings is 1. The van der Waals surface area contributed by atoms with Gasteiger partial charge in [-0.15, -0.1) is 0 Å². The van der Waals surface area contributed by atoms with Gasteiger partial charge in [-0.25, -0.2) is 4.79 Å². The minimum atomic E-state index is -1.14. The largest absolute Gasteiger partial charge is 0.475 e. The number of nitrogens with zero attached hydrogens (tertiary/aromatic N) is 3. The number of hydrogen-bond acceptors (Lipinski definition) is 5. The summed E-state index contributed by atoms with van der Waals surface area (Å²) in [5.74, 6) is -0.871. The predicted octanol–water partition coefficient (Wildman–Crippen LogP) is 1.39. The van der Waals surface area contributed by atoms with Crippen molar-refractivity contribution in [2.75, 3.05) is 13.1 Å². The second kappa shape index (κ2) is 5.69. The topological polar surface area (TPSA) is 101 Å². The molecule has 0 saturated carbocycles. The van der Waals surface area contributed by atoms with E-state index in [0.29, 0.717) is 5.76 Å². The molecule has 0 saturated heterocycles. The highest BCUT2D eigenvalue weighted by atomic mass is 16.4. The molecule has 0 aliphatic heterocycles. The van der Waals surface area contributed by atoms with Crippen LogP contribution >= 0.6 is 0 Å². The Morgan fingerprint density at radius 1 is 1.47 bits per heavy atom. The van der Waals surface area contributed by atoms with Gasteiger partial charge in [0.15, 0.2) is 0 Å². The Morgan fingerprint density at radius 2 is 2.06 bits per heavy atom. The molecular formula is C11H11N3O3. The smallest absolute Gasteiger partial charge is 0.371 e. The summed E-state index contributed by atoms with van der Waals surface area (Å²) >= 11 is 0. The van der Waals surface area contributed by atoms with E-state index in [2.05, 4.69) is 0 Å². The van der Waals surface area contributed by atoms with E-state index in [0.717, 1.165) is 0 Å². The van der Waals surface area contributed by atoms with E-state index < -0.39 is 5.97 Å². The van der Waals surface area contributed by atoms with Gasteiger partial charge in [-0.05, 0) is 19.1 Å².